The van der Waals surface area contributed by atoms with E-state index in [9.17, 15) is 107 Å². The first kappa shape index (κ1) is 92.1. The number of imidazole rings is 1. The molecule has 40 heteroatoms. The number of hydrogen-bond acceptors (Lipinski definition) is 19. The fraction of sp³-hybridized carbons (Fsp3) is 0.136. The summed E-state index contributed by atoms with van der Waals surface area (Å²) in [6, 6.07) is 31.0. The lowest BCUT2D eigenvalue weighted by Gasteiger charge is -2.09. The number of carbonyl (C=O) groups is 4. The van der Waals surface area contributed by atoms with Gasteiger partial charge in [-0.1, -0.05) is 72.8 Å². The Morgan fingerprint density at radius 1 is 0.352 bits per heavy atom. The zero-order valence-corrected chi connectivity index (χ0v) is 68.7. The molecule has 0 atom stereocenters. The van der Waals surface area contributed by atoms with Gasteiger partial charge in [-0.05, 0) is 133 Å². The number of nitrogens with zero attached hydrogens (tertiary/aromatic N) is 9. The molecule has 16 rings (SSSR count). The lowest BCUT2D eigenvalue weighted by molar-refractivity contribution is -0.138. The molecule has 0 aliphatic rings. The minimum absolute atomic E-state index is 0.159. The van der Waals surface area contributed by atoms with Gasteiger partial charge in [-0.2, -0.15) is 52.7 Å². The summed E-state index contributed by atoms with van der Waals surface area (Å²) in [7, 11) is 1.69. The fourth-order valence-corrected chi connectivity index (χ4v) is 16.9. The summed E-state index contributed by atoms with van der Waals surface area (Å²) in [6.45, 7) is 4.90. The summed E-state index contributed by atoms with van der Waals surface area (Å²) in [5.74, 6) is -10.4. The van der Waals surface area contributed by atoms with Crippen molar-refractivity contribution in [2.24, 2.45) is 7.05 Å². The number of thiazole rings is 4. The molecule has 0 aliphatic carbocycles. The highest BCUT2D eigenvalue weighted by atomic mass is 32.1. The van der Waals surface area contributed by atoms with Crippen LogP contribution in [0.3, 0.4) is 0 Å². The van der Waals surface area contributed by atoms with E-state index in [2.05, 4.69) is 39.9 Å². The normalized spacial score (nSPS) is 11.7. The predicted octanol–water partition coefficient (Wildman–Crippen LogP) is 25.4. The Balaban J connectivity index is 0.000000146. The summed E-state index contributed by atoms with van der Waals surface area (Å²) in [6.07, 6.45) is -13.3. The van der Waals surface area contributed by atoms with Crippen LogP contribution in [-0.2, 0) is 57.4 Å². The fourth-order valence-electron chi connectivity index (χ4n) is 12.7. The van der Waals surface area contributed by atoms with Crippen molar-refractivity contribution in [2.45, 2.75) is 71.2 Å². The number of benzene rings is 8. The standard InChI is InChI=1S/C23H15F5N2O2S.C22H14F5N3OS.C22H13F5N2O2S.C21H11F5N2O2S/c1-11-21(32-12(2)29-11)20-22(13-5-3-6-14(9-13)23(26,27)28)33-18(30-20)10-17(31)19-15(24)7-4-8-16(19)25;1-30-11-28-10-16(30)20-21(12-4-2-5-13(8-12)22(25,26)27)32-18(29-20)9-17(31)19-14(23)6-3-7-15(19)24;1-11-20(31-10-28-11)19-21(12-4-2-5-13(8-12)22(25,26)27)32-17(29-19)9-16(30)18-14(23)6-3-7-15(18)24;22-13-5-2-6-14(23)18(13)15(29)8-17-28-19(16-9-27-10-30-16)20(31-17)11-3-1-4-12(7-11)21(24,25)26/h3-9H,10H2,1-2H3;2-8,10-11H,9H2,1H3;2-8,10H,9H2,1H3;1-7,9-10H,8H2. The van der Waals surface area contributed by atoms with E-state index in [1.807, 2.05) is 0 Å². The second-order valence-corrected chi connectivity index (χ2v) is 31.7. The maximum absolute atomic E-state index is 14.0. The molecule has 8 heterocycles. The van der Waals surface area contributed by atoms with Crippen LogP contribution < -0.4 is 0 Å². The lowest BCUT2D eigenvalue weighted by atomic mass is 10.1. The van der Waals surface area contributed by atoms with Crippen LogP contribution >= 0.6 is 45.3 Å². The van der Waals surface area contributed by atoms with E-state index in [0.29, 0.717) is 48.2 Å². The second-order valence-electron chi connectivity index (χ2n) is 27.4. The summed E-state index contributed by atoms with van der Waals surface area (Å²) in [5, 5.41) is 0.696. The van der Waals surface area contributed by atoms with Crippen molar-refractivity contribution in [3.05, 3.63) is 330 Å². The molecular formula is C88H53F20N9O7S4. The van der Waals surface area contributed by atoms with Crippen molar-refractivity contribution in [1.29, 1.82) is 0 Å². The number of ketones is 4. The van der Waals surface area contributed by atoms with Gasteiger partial charge < -0.3 is 17.8 Å². The third kappa shape index (κ3) is 21.1. The molecular weight excluding hydrogens is 1800 g/mol. The van der Waals surface area contributed by atoms with E-state index < -0.39 is 165 Å². The molecule has 0 aliphatic heterocycles. The molecule has 0 radical (unpaired) electrons. The topological polar surface area (TPSA) is 216 Å². The average Bonchev–Trinajstić information content (AvgIpc) is 1.63. The Morgan fingerprint density at radius 3 is 0.938 bits per heavy atom. The molecule has 0 spiro atoms. The van der Waals surface area contributed by atoms with Gasteiger partial charge in [0.15, 0.2) is 59.1 Å². The Labute approximate surface area is 724 Å². The number of aryl methyl sites for hydroxylation is 4. The van der Waals surface area contributed by atoms with Gasteiger partial charge in [0.2, 0.25) is 0 Å². The summed E-state index contributed by atoms with van der Waals surface area (Å²) in [5.41, 5.74) is -2.94. The first-order valence-corrected chi connectivity index (χ1v) is 40.1. The third-order valence-corrected chi connectivity index (χ3v) is 22.9. The van der Waals surface area contributed by atoms with Crippen molar-refractivity contribution >= 4 is 68.5 Å². The Morgan fingerprint density at radius 2 is 0.656 bits per heavy atom. The second kappa shape index (κ2) is 37.9. The number of rotatable bonds is 20. The smallest absolute Gasteiger partial charge is 0.416 e. The number of hydrogen-bond donors (Lipinski definition) is 0. The number of alkyl halides is 12. The molecule has 0 unspecified atom stereocenters. The molecule has 0 N–H and O–H groups in total. The lowest BCUT2D eigenvalue weighted by Crippen LogP contribution is -2.08. The van der Waals surface area contributed by atoms with E-state index in [1.165, 1.54) is 73.6 Å². The molecule has 0 amide bonds. The van der Waals surface area contributed by atoms with Crippen LogP contribution in [0.2, 0.25) is 0 Å². The maximum Gasteiger partial charge on any atom is 0.416 e. The summed E-state index contributed by atoms with van der Waals surface area (Å²) < 4.78 is 288. The predicted molar refractivity (Wildman–Crippen MR) is 431 cm³/mol. The van der Waals surface area contributed by atoms with Gasteiger partial charge in [-0.25, -0.2) is 75.0 Å². The van der Waals surface area contributed by atoms with E-state index >= 15 is 0 Å². The Kier molecular flexibility index (Phi) is 27.3. The van der Waals surface area contributed by atoms with Crippen molar-refractivity contribution in [2.75, 3.05) is 0 Å². The van der Waals surface area contributed by atoms with Crippen LogP contribution in [0.25, 0.3) is 87.5 Å². The quantitative estimate of drug-likeness (QED) is 0.0512. The van der Waals surface area contributed by atoms with Gasteiger partial charge in [0.1, 0.15) is 89.3 Å². The number of carbonyl (C=O) groups excluding carboxylic acids is 4. The van der Waals surface area contributed by atoms with Crippen LogP contribution in [0.5, 0.6) is 0 Å². The molecule has 128 heavy (non-hydrogen) atoms. The van der Waals surface area contributed by atoms with Gasteiger partial charge >= 0.3 is 24.7 Å². The van der Waals surface area contributed by atoms with Gasteiger partial charge in [0.25, 0.3) is 0 Å². The minimum atomic E-state index is -4.55. The van der Waals surface area contributed by atoms with E-state index in [-0.39, 0.29) is 76.6 Å². The van der Waals surface area contributed by atoms with Crippen LogP contribution in [0, 0.1) is 67.3 Å². The van der Waals surface area contributed by atoms with Gasteiger partial charge in [0.05, 0.1) is 126 Å². The van der Waals surface area contributed by atoms with Crippen LogP contribution in [-0.4, -0.2) is 67.6 Å². The van der Waals surface area contributed by atoms with Crippen molar-refractivity contribution in [3.63, 3.8) is 0 Å². The summed E-state index contributed by atoms with van der Waals surface area (Å²) in [4.78, 5) is 84.9. The zero-order valence-electron chi connectivity index (χ0n) is 65.5. The number of halogens is 20. The molecule has 8 aromatic heterocycles. The molecule has 0 saturated carbocycles. The minimum Gasteiger partial charge on any atom is -0.442 e. The molecule has 16 nitrogen and oxygen atoms in total. The number of Topliss-reactive ketones (excluding diaryl/α,β-unsaturated/α-hetero) is 4. The average molecular weight is 1860 g/mol. The monoisotopic (exact) mass is 1860 g/mol. The molecule has 8 aromatic carbocycles. The molecule has 0 fully saturated rings. The molecule has 0 saturated heterocycles. The Hall–Kier alpha value is -13.6. The van der Waals surface area contributed by atoms with Crippen LogP contribution in [0.15, 0.2) is 215 Å². The largest absolute Gasteiger partial charge is 0.442 e. The number of aromatic nitrogens is 9. The molecule has 0 bridgehead atoms. The van der Waals surface area contributed by atoms with Crippen molar-refractivity contribution < 1.29 is 120 Å². The van der Waals surface area contributed by atoms with E-state index in [4.69, 9.17) is 13.3 Å². The van der Waals surface area contributed by atoms with Crippen molar-refractivity contribution in [1.82, 2.24) is 44.4 Å². The highest BCUT2D eigenvalue weighted by Gasteiger charge is 2.37. The van der Waals surface area contributed by atoms with Gasteiger partial charge in [0, 0.05) is 14.0 Å². The van der Waals surface area contributed by atoms with Gasteiger partial charge in [-0.15, -0.1) is 45.3 Å². The number of oxazole rings is 3. The van der Waals surface area contributed by atoms with Crippen LogP contribution in [0.1, 0.15) is 101 Å². The molecule has 656 valence electrons. The van der Waals surface area contributed by atoms with Gasteiger partial charge in [-0.3, -0.25) is 19.2 Å². The SMILES string of the molecule is Cc1nc(C)c(-c2nc(CC(=O)c3c(F)cccc3F)sc2-c2cccc(C(F)(F)F)c2)o1.Cc1ncoc1-c1nc(CC(=O)c2c(F)cccc2F)sc1-c1cccc(C(F)(F)F)c1.Cn1cncc1-c1nc(CC(=O)c2c(F)cccc2F)sc1-c1cccc(C(F)(F)F)c1.O=C(Cc1nc(-c2cnco2)c(-c2cccc(C(F)(F)F)c2)s1)c1c(F)cccc1F. The maximum atomic E-state index is 14.0. The first-order chi connectivity index (χ1) is 60.6. The Bertz CT molecular complexity index is 6560. The third-order valence-electron chi connectivity index (χ3n) is 18.5. The highest BCUT2D eigenvalue weighted by molar-refractivity contribution is 7.17. The highest BCUT2D eigenvalue weighted by Crippen LogP contribution is 2.47. The summed E-state index contributed by atoms with van der Waals surface area (Å²) >= 11 is 3.81. The van der Waals surface area contributed by atoms with E-state index in [0.717, 1.165) is 173 Å². The van der Waals surface area contributed by atoms with Crippen molar-refractivity contribution in [3.8, 4) is 87.5 Å². The first-order valence-electron chi connectivity index (χ1n) is 36.9. The molecule has 16 aromatic rings. The van der Waals surface area contributed by atoms with E-state index in [1.54, 1.807) is 32.4 Å². The van der Waals surface area contributed by atoms with Crippen LogP contribution in [0.4, 0.5) is 87.8 Å². The zero-order chi connectivity index (χ0) is 92.2.